The van der Waals surface area contributed by atoms with E-state index < -0.39 is 0 Å². The van der Waals surface area contributed by atoms with Crippen LogP contribution in [0.4, 0.5) is 0 Å². The van der Waals surface area contributed by atoms with Crippen molar-refractivity contribution in [3.05, 3.63) is 20.8 Å². The quantitative estimate of drug-likeness (QED) is 0.272. The highest BCUT2D eigenvalue weighted by Crippen LogP contribution is 2.34. The molecular formula is C17H26Br2O2. The summed E-state index contributed by atoms with van der Waals surface area (Å²) < 4.78 is 5.94. The molecular weight excluding hydrogens is 396 g/mol. The van der Waals surface area contributed by atoms with Crippen molar-refractivity contribution in [1.82, 2.24) is 0 Å². The second kappa shape index (κ2) is 11.5. The molecule has 1 rings (SSSR count). The van der Waals surface area contributed by atoms with E-state index in [1.165, 1.54) is 57.8 Å². The van der Waals surface area contributed by atoms with E-state index in [9.17, 15) is 4.79 Å². The van der Waals surface area contributed by atoms with Gasteiger partial charge in [-0.1, -0.05) is 80.6 Å². The fourth-order valence-corrected chi connectivity index (χ4v) is 3.70. The van der Waals surface area contributed by atoms with Gasteiger partial charge in [-0.25, -0.2) is 4.79 Å². The minimum atomic E-state index is -0.205. The van der Waals surface area contributed by atoms with Crippen LogP contribution in [0, 0.1) is 0 Å². The van der Waals surface area contributed by atoms with Gasteiger partial charge >= 0.3 is 5.97 Å². The number of carbonyl (C=O) groups excluding carboxylic acids is 1. The first-order chi connectivity index (χ1) is 10.2. The molecule has 0 radical (unpaired) electrons. The lowest BCUT2D eigenvalue weighted by molar-refractivity contribution is -0.133. The summed E-state index contributed by atoms with van der Waals surface area (Å²) in [4.78, 5) is 13.3. The molecule has 2 nitrogen and oxygen atoms in total. The van der Waals surface area contributed by atoms with Gasteiger partial charge in [0.1, 0.15) is 0 Å². The number of hydrogen-bond donors (Lipinski definition) is 0. The maximum absolute atomic E-state index is 11.7. The van der Waals surface area contributed by atoms with Crippen LogP contribution in [0.1, 0.15) is 77.6 Å². The molecule has 0 saturated carbocycles. The Balaban J connectivity index is 2.04. The Morgan fingerprint density at radius 2 is 1.48 bits per heavy atom. The number of halogens is 2. The Hall–Kier alpha value is -0.0900. The van der Waals surface area contributed by atoms with Crippen LogP contribution in [0.25, 0.3) is 0 Å². The number of cyclic esters (lactones) is 1. The van der Waals surface area contributed by atoms with E-state index in [-0.39, 0.29) is 5.97 Å². The van der Waals surface area contributed by atoms with E-state index >= 15 is 0 Å². The molecule has 1 heterocycles. The van der Waals surface area contributed by atoms with E-state index in [2.05, 4.69) is 38.8 Å². The number of hydrogen-bond acceptors (Lipinski definition) is 2. The van der Waals surface area contributed by atoms with Crippen LogP contribution in [0.15, 0.2) is 20.8 Å². The lowest BCUT2D eigenvalue weighted by Crippen LogP contribution is -1.98. The van der Waals surface area contributed by atoms with Crippen LogP contribution in [0.2, 0.25) is 0 Å². The second-order valence-electron chi connectivity index (χ2n) is 5.59. The zero-order valence-electron chi connectivity index (χ0n) is 12.9. The molecule has 0 spiro atoms. The Labute approximate surface area is 145 Å². The van der Waals surface area contributed by atoms with Crippen molar-refractivity contribution < 1.29 is 9.53 Å². The summed E-state index contributed by atoms with van der Waals surface area (Å²) in [6, 6.07) is 0. The molecule has 0 unspecified atom stereocenters. The molecule has 4 heteroatoms. The highest BCUT2D eigenvalue weighted by molar-refractivity contribution is 9.12. The zero-order valence-corrected chi connectivity index (χ0v) is 16.1. The molecule has 0 aromatic heterocycles. The third-order valence-electron chi connectivity index (χ3n) is 3.81. The number of rotatable bonds is 11. The van der Waals surface area contributed by atoms with Gasteiger partial charge in [0.25, 0.3) is 0 Å². The molecule has 0 N–H and O–H groups in total. The van der Waals surface area contributed by atoms with E-state index in [0.29, 0.717) is 5.76 Å². The molecule has 120 valence electrons. The minimum absolute atomic E-state index is 0.205. The lowest BCUT2D eigenvalue weighted by atomic mass is 10.0. The highest BCUT2D eigenvalue weighted by Gasteiger charge is 2.27. The van der Waals surface area contributed by atoms with Crippen LogP contribution in [-0.4, -0.2) is 5.97 Å². The van der Waals surface area contributed by atoms with Crippen LogP contribution < -0.4 is 0 Å². The van der Waals surface area contributed by atoms with Crippen molar-refractivity contribution in [2.45, 2.75) is 77.6 Å². The van der Waals surface area contributed by atoms with Crippen LogP contribution in [0.5, 0.6) is 0 Å². The van der Waals surface area contributed by atoms with Crippen molar-refractivity contribution in [3.63, 3.8) is 0 Å². The molecule has 0 aromatic rings. The Morgan fingerprint density at radius 1 is 0.952 bits per heavy atom. The summed E-state index contributed by atoms with van der Waals surface area (Å²) in [6.45, 7) is 2.25. The van der Waals surface area contributed by atoms with Crippen LogP contribution >= 0.6 is 31.9 Å². The Bertz CT molecular complexity index is 386. The van der Waals surface area contributed by atoms with E-state index in [1.807, 2.05) is 0 Å². The summed E-state index contributed by atoms with van der Waals surface area (Å²) in [7, 11) is 0. The van der Waals surface area contributed by atoms with E-state index in [4.69, 9.17) is 4.74 Å². The minimum Gasteiger partial charge on any atom is -0.421 e. The van der Waals surface area contributed by atoms with Crippen molar-refractivity contribution in [1.29, 1.82) is 0 Å². The Kier molecular flexibility index (Phi) is 10.4. The van der Waals surface area contributed by atoms with Gasteiger partial charge in [-0.3, -0.25) is 0 Å². The average molecular weight is 422 g/mol. The maximum Gasteiger partial charge on any atom is 0.340 e. The molecule has 0 saturated heterocycles. The molecule has 0 aliphatic carbocycles. The monoisotopic (exact) mass is 420 g/mol. The first-order valence-corrected chi connectivity index (χ1v) is 9.83. The summed E-state index contributed by atoms with van der Waals surface area (Å²) in [6.07, 6.45) is 13.9. The van der Waals surface area contributed by atoms with Gasteiger partial charge in [-0.15, -0.1) is 0 Å². The SMILES string of the molecule is CCCCCCCCCCCCC1=C(Br)/C(=C/Br)OC1=O. The summed E-state index contributed by atoms with van der Waals surface area (Å²) in [5, 5.41) is 0. The van der Waals surface area contributed by atoms with Gasteiger partial charge in [-0.2, -0.15) is 0 Å². The fraction of sp³-hybridized carbons (Fsp3) is 0.706. The molecule has 0 amide bonds. The number of esters is 1. The van der Waals surface area contributed by atoms with Crippen molar-refractivity contribution in [2.24, 2.45) is 0 Å². The number of carbonyl (C=O) groups is 1. The normalized spacial score (nSPS) is 16.9. The molecule has 0 fully saturated rings. The lowest BCUT2D eigenvalue weighted by Gasteiger charge is -2.02. The zero-order chi connectivity index (χ0) is 15.5. The molecule has 1 aliphatic heterocycles. The highest BCUT2D eigenvalue weighted by atomic mass is 79.9. The number of allylic oxidation sites excluding steroid dienone is 1. The largest absolute Gasteiger partial charge is 0.421 e. The molecule has 0 aromatic carbocycles. The first-order valence-electron chi connectivity index (χ1n) is 8.12. The van der Waals surface area contributed by atoms with Gasteiger partial charge in [0.05, 0.1) is 10.1 Å². The van der Waals surface area contributed by atoms with E-state index in [1.54, 1.807) is 4.99 Å². The second-order valence-corrected chi connectivity index (χ2v) is 6.84. The predicted molar refractivity (Wildman–Crippen MR) is 95.5 cm³/mol. The maximum atomic E-state index is 11.7. The average Bonchev–Trinajstić information content (AvgIpc) is 2.76. The van der Waals surface area contributed by atoms with Gasteiger partial charge in [0, 0.05) is 4.99 Å². The van der Waals surface area contributed by atoms with Crippen molar-refractivity contribution in [3.8, 4) is 0 Å². The van der Waals surface area contributed by atoms with Gasteiger partial charge in [0.15, 0.2) is 5.76 Å². The molecule has 1 aliphatic rings. The van der Waals surface area contributed by atoms with Crippen molar-refractivity contribution >= 4 is 37.8 Å². The third kappa shape index (κ3) is 7.14. The molecule has 0 atom stereocenters. The summed E-state index contributed by atoms with van der Waals surface area (Å²) in [5.74, 6) is 0.380. The topological polar surface area (TPSA) is 26.3 Å². The molecule has 21 heavy (non-hydrogen) atoms. The first kappa shape index (κ1) is 19.0. The van der Waals surface area contributed by atoms with E-state index in [0.717, 1.165) is 22.9 Å². The predicted octanol–water partition coefficient (Wildman–Crippen LogP) is 6.74. The molecule has 0 bridgehead atoms. The number of ether oxygens (including phenoxy) is 1. The summed E-state index contributed by atoms with van der Waals surface area (Å²) >= 11 is 6.63. The standard InChI is InChI=1S/C17H26Br2O2/c1-2-3-4-5-6-7-8-9-10-11-12-14-16(19)15(13-18)21-17(14)20/h13H,2-12H2,1H3/b15-13-. The third-order valence-corrected chi connectivity index (χ3v) is 5.09. The van der Waals surface area contributed by atoms with Gasteiger partial charge in [-0.05, 0) is 28.8 Å². The fourth-order valence-electron chi connectivity index (χ4n) is 2.52. The summed E-state index contributed by atoms with van der Waals surface area (Å²) in [5.41, 5.74) is 0.778. The number of unbranched alkanes of at least 4 members (excludes halogenated alkanes) is 9. The van der Waals surface area contributed by atoms with Gasteiger partial charge < -0.3 is 4.74 Å². The van der Waals surface area contributed by atoms with Crippen LogP contribution in [0.3, 0.4) is 0 Å². The Morgan fingerprint density at radius 3 is 1.95 bits per heavy atom. The van der Waals surface area contributed by atoms with Crippen molar-refractivity contribution in [2.75, 3.05) is 0 Å². The smallest absolute Gasteiger partial charge is 0.340 e. The van der Waals surface area contributed by atoms with Crippen LogP contribution in [-0.2, 0) is 9.53 Å². The van der Waals surface area contributed by atoms with Gasteiger partial charge in [0.2, 0.25) is 0 Å².